The van der Waals surface area contributed by atoms with Gasteiger partial charge in [-0.05, 0) is 18.2 Å². The first-order valence-corrected chi connectivity index (χ1v) is 7.04. The van der Waals surface area contributed by atoms with E-state index < -0.39 is 0 Å². The summed E-state index contributed by atoms with van der Waals surface area (Å²) in [5, 5.41) is 0.697. The Labute approximate surface area is 119 Å². The summed E-state index contributed by atoms with van der Waals surface area (Å²) in [5.74, 6) is 0.757. The molecule has 6 heteroatoms. The molecule has 96 valence electrons. The standard InChI is InChI=1S/C13H11ClN4S/c14-9-1-2-13-17-10(7-18(13)6-9)8-19-12-3-4-16-5-11(12)15/h1-7H,8,15H2. The highest BCUT2D eigenvalue weighted by molar-refractivity contribution is 7.98. The van der Waals surface area contributed by atoms with Crippen LogP contribution in [0.5, 0.6) is 0 Å². The van der Waals surface area contributed by atoms with Crippen LogP contribution in [0.2, 0.25) is 5.02 Å². The average Bonchev–Trinajstić information content (AvgIpc) is 2.79. The SMILES string of the molecule is Nc1cnccc1SCc1cn2cc(Cl)ccc2n1. The lowest BCUT2D eigenvalue weighted by atomic mass is 10.4. The van der Waals surface area contributed by atoms with Crippen LogP contribution in [0, 0.1) is 0 Å². The Morgan fingerprint density at radius 1 is 1.26 bits per heavy atom. The summed E-state index contributed by atoms with van der Waals surface area (Å²) < 4.78 is 1.92. The van der Waals surface area contributed by atoms with Gasteiger partial charge in [0.1, 0.15) is 5.65 Å². The van der Waals surface area contributed by atoms with Crippen LogP contribution in [0.4, 0.5) is 5.69 Å². The van der Waals surface area contributed by atoms with E-state index >= 15 is 0 Å². The number of nitrogen functional groups attached to an aromatic ring is 1. The van der Waals surface area contributed by atoms with Crippen molar-refractivity contribution in [2.75, 3.05) is 5.73 Å². The zero-order valence-corrected chi connectivity index (χ0v) is 11.5. The first-order chi connectivity index (χ1) is 9.22. The van der Waals surface area contributed by atoms with Crippen molar-refractivity contribution in [2.24, 2.45) is 0 Å². The molecule has 3 rings (SSSR count). The number of thioether (sulfide) groups is 1. The third-order valence-corrected chi connectivity index (χ3v) is 4.00. The molecule has 0 fully saturated rings. The van der Waals surface area contributed by atoms with Crippen molar-refractivity contribution < 1.29 is 0 Å². The molecule has 3 aromatic rings. The Balaban J connectivity index is 1.80. The number of hydrogen-bond acceptors (Lipinski definition) is 4. The molecule has 2 N–H and O–H groups in total. The lowest BCUT2D eigenvalue weighted by Gasteiger charge is -2.01. The van der Waals surface area contributed by atoms with Crippen LogP contribution in [0.25, 0.3) is 5.65 Å². The number of nitrogens with two attached hydrogens (primary N) is 1. The van der Waals surface area contributed by atoms with Crippen LogP contribution in [0.3, 0.4) is 0 Å². The molecule has 0 radical (unpaired) electrons. The van der Waals surface area contributed by atoms with Crippen molar-refractivity contribution in [1.82, 2.24) is 14.4 Å². The highest BCUT2D eigenvalue weighted by atomic mass is 35.5. The van der Waals surface area contributed by atoms with Gasteiger partial charge < -0.3 is 10.1 Å². The van der Waals surface area contributed by atoms with Crippen LogP contribution in [0.1, 0.15) is 5.69 Å². The molecule has 0 saturated heterocycles. The van der Waals surface area contributed by atoms with E-state index in [2.05, 4.69) is 9.97 Å². The third kappa shape index (κ3) is 2.67. The van der Waals surface area contributed by atoms with Gasteiger partial charge in [-0.25, -0.2) is 4.98 Å². The minimum atomic E-state index is 0.694. The van der Waals surface area contributed by atoms with Gasteiger partial charge in [0.25, 0.3) is 0 Å². The second kappa shape index (κ2) is 5.11. The minimum Gasteiger partial charge on any atom is -0.397 e. The van der Waals surface area contributed by atoms with E-state index in [0.29, 0.717) is 10.7 Å². The molecule has 0 aliphatic heterocycles. The molecule has 19 heavy (non-hydrogen) atoms. The number of hydrogen-bond donors (Lipinski definition) is 1. The quantitative estimate of drug-likeness (QED) is 0.752. The monoisotopic (exact) mass is 290 g/mol. The number of imidazole rings is 1. The maximum atomic E-state index is 5.94. The number of nitrogens with zero attached hydrogens (tertiary/aromatic N) is 3. The van der Waals surface area contributed by atoms with Crippen molar-refractivity contribution >= 4 is 34.7 Å². The first-order valence-electron chi connectivity index (χ1n) is 5.68. The molecular weight excluding hydrogens is 280 g/mol. The summed E-state index contributed by atoms with van der Waals surface area (Å²) in [4.78, 5) is 9.52. The van der Waals surface area contributed by atoms with Crippen LogP contribution in [0.15, 0.2) is 47.9 Å². The van der Waals surface area contributed by atoms with Crippen molar-refractivity contribution in [1.29, 1.82) is 0 Å². The zero-order valence-electron chi connectivity index (χ0n) is 9.95. The molecule has 3 heterocycles. The lowest BCUT2D eigenvalue weighted by molar-refractivity contribution is 1.18. The molecule has 4 nitrogen and oxygen atoms in total. The first kappa shape index (κ1) is 12.3. The normalized spacial score (nSPS) is 11.0. The van der Waals surface area contributed by atoms with Crippen molar-refractivity contribution in [3.05, 3.63) is 53.7 Å². The van der Waals surface area contributed by atoms with Crippen molar-refractivity contribution in [3.63, 3.8) is 0 Å². The lowest BCUT2D eigenvalue weighted by Crippen LogP contribution is -1.89. The molecule has 0 aromatic carbocycles. The number of rotatable bonds is 3. The summed E-state index contributed by atoms with van der Waals surface area (Å²) in [6.45, 7) is 0. The molecule has 0 aliphatic carbocycles. The predicted octanol–water partition coefficient (Wildman–Crippen LogP) is 3.26. The van der Waals surface area contributed by atoms with Crippen LogP contribution in [-0.2, 0) is 5.75 Å². The van der Waals surface area contributed by atoms with Gasteiger partial charge >= 0.3 is 0 Å². The molecule has 0 unspecified atom stereocenters. The third-order valence-electron chi connectivity index (χ3n) is 2.65. The maximum Gasteiger partial charge on any atom is 0.137 e. The molecule has 0 aliphatic rings. The second-order valence-corrected chi connectivity index (χ2v) is 5.50. The number of aromatic nitrogens is 3. The molecule has 0 saturated carbocycles. The van der Waals surface area contributed by atoms with Gasteiger partial charge in [-0.15, -0.1) is 11.8 Å². The highest BCUT2D eigenvalue weighted by Crippen LogP contribution is 2.27. The molecule has 0 spiro atoms. The maximum absolute atomic E-state index is 5.94. The Hall–Kier alpha value is -1.72. The van der Waals surface area contributed by atoms with Gasteiger partial charge in [-0.1, -0.05) is 11.6 Å². The number of fused-ring (bicyclic) bond motifs is 1. The Kier molecular flexibility index (Phi) is 3.31. The van der Waals surface area contributed by atoms with E-state index in [-0.39, 0.29) is 0 Å². The van der Waals surface area contributed by atoms with E-state index in [1.807, 2.05) is 35.0 Å². The van der Waals surface area contributed by atoms with Crippen molar-refractivity contribution in [3.8, 4) is 0 Å². The van der Waals surface area contributed by atoms with Gasteiger partial charge in [-0.3, -0.25) is 4.98 Å². The van der Waals surface area contributed by atoms with Crippen LogP contribution in [-0.4, -0.2) is 14.4 Å². The van der Waals surface area contributed by atoms with Crippen LogP contribution < -0.4 is 5.73 Å². The Morgan fingerprint density at radius 2 is 2.16 bits per heavy atom. The average molecular weight is 291 g/mol. The van der Waals surface area contributed by atoms with Gasteiger partial charge in [0, 0.05) is 29.2 Å². The van der Waals surface area contributed by atoms with Gasteiger partial charge in [0.15, 0.2) is 0 Å². The van der Waals surface area contributed by atoms with Crippen molar-refractivity contribution in [2.45, 2.75) is 10.6 Å². The summed E-state index contributed by atoms with van der Waals surface area (Å²) >= 11 is 7.59. The van der Waals surface area contributed by atoms with E-state index in [9.17, 15) is 0 Å². The molecule has 0 amide bonds. The molecule has 3 aromatic heterocycles. The fourth-order valence-corrected chi connectivity index (χ4v) is 2.75. The fraction of sp³-hybridized carbons (Fsp3) is 0.0769. The Bertz CT molecular complexity index is 725. The van der Waals surface area contributed by atoms with E-state index in [4.69, 9.17) is 17.3 Å². The summed E-state index contributed by atoms with van der Waals surface area (Å²) in [6.07, 6.45) is 7.22. The fourth-order valence-electron chi connectivity index (χ4n) is 1.76. The highest BCUT2D eigenvalue weighted by Gasteiger charge is 2.04. The largest absolute Gasteiger partial charge is 0.397 e. The van der Waals surface area contributed by atoms with E-state index in [1.54, 1.807) is 24.2 Å². The predicted molar refractivity (Wildman–Crippen MR) is 78.4 cm³/mol. The smallest absolute Gasteiger partial charge is 0.137 e. The molecule has 0 bridgehead atoms. The number of halogens is 1. The summed E-state index contributed by atoms with van der Waals surface area (Å²) in [7, 11) is 0. The number of anilines is 1. The van der Waals surface area contributed by atoms with Gasteiger partial charge in [-0.2, -0.15) is 0 Å². The summed E-state index contributed by atoms with van der Waals surface area (Å²) in [5.41, 5.74) is 8.43. The zero-order chi connectivity index (χ0) is 13.2. The van der Waals surface area contributed by atoms with Crippen LogP contribution >= 0.6 is 23.4 Å². The molecular formula is C13H11ClN4S. The second-order valence-electron chi connectivity index (χ2n) is 4.05. The van der Waals surface area contributed by atoms with Gasteiger partial charge in [0.2, 0.25) is 0 Å². The number of pyridine rings is 2. The summed E-state index contributed by atoms with van der Waals surface area (Å²) in [6, 6.07) is 5.64. The van der Waals surface area contributed by atoms with E-state index in [0.717, 1.165) is 22.0 Å². The molecule has 0 atom stereocenters. The Morgan fingerprint density at radius 3 is 3.00 bits per heavy atom. The van der Waals surface area contributed by atoms with E-state index in [1.165, 1.54) is 0 Å². The minimum absolute atomic E-state index is 0.694. The van der Waals surface area contributed by atoms with Gasteiger partial charge in [0.05, 0.1) is 22.6 Å². The topological polar surface area (TPSA) is 56.2 Å².